The molecular weight excluding hydrogens is 288 g/mol. The maximum Gasteiger partial charge on any atom is 0.0669 e. The quantitative estimate of drug-likeness (QED) is 0.940. The molecule has 0 amide bonds. The number of nitrogens with one attached hydrogen (secondary N) is 1. The summed E-state index contributed by atoms with van der Waals surface area (Å²) in [6.07, 6.45) is 4.45. The molecule has 1 atom stereocenters. The predicted octanol–water partition coefficient (Wildman–Crippen LogP) is 2.20. The van der Waals surface area contributed by atoms with Crippen molar-refractivity contribution in [2.45, 2.75) is 12.5 Å². The van der Waals surface area contributed by atoms with E-state index in [0.717, 1.165) is 21.5 Å². The molecule has 0 spiro atoms. The Morgan fingerprint density at radius 3 is 2.88 bits per heavy atom. The van der Waals surface area contributed by atoms with Crippen LogP contribution in [0.4, 0.5) is 0 Å². The van der Waals surface area contributed by atoms with E-state index in [9.17, 15) is 0 Å². The molecule has 16 heavy (non-hydrogen) atoms. The van der Waals surface area contributed by atoms with Gasteiger partial charge in [-0.1, -0.05) is 4.49 Å². The first-order chi connectivity index (χ1) is 7.79. The number of nitrogens with zero attached hydrogens (tertiary/aromatic N) is 3. The summed E-state index contributed by atoms with van der Waals surface area (Å²) in [7, 11) is 1.93. The van der Waals surface area contributed by atoms with Crippen molar-refractivity contribution < 1.29 is 0 Å². The number of aromatic nitrogens is 3. The fourth-order valence-electron chi connectivity index (χ4n) is 1.41. The minimum absolute atomic E-state index is 0.230. The van der Waals surface area contributed by atoms with E-state index in [0.29, 0.717) is 0 Å². The Bertz CT molecular complexity index is 429. The molecule has 4 nitrogen and oxygen atoms in total. The first kappa shape index (κ1) is 11.6. The molecule has 2 heterocycles. The van der Waals surface area contributed by atoms with Gasteiger partial charge < -0.3 is 5.32 Å². The zero-order chi connectivity index (χ0) is 11.4. The van der Waals surface area contributed by atoms with E-state index in [1.54, 1.807) is 6.20 Å². The first-order valence-corrected chi connectivity index (χ1v) is 6.41. The van der Waals surface area contributed by atoms with Gasteiger partial charge in [0.1, 0.15) is 0 Å². The molecule has 84 valence electrons. The second kappa shape index (κ2) is 5.47. The second-order valence-corrected chi connectivity index (χ2v) is 5.07. The van der Waals surface area contributed by atoms with Crippen molar-refractivity contribution >= 4 is 27.5 Å². The molecule has 0 radical (unpaired) electrons. The minimum Gasteiger partial charge on any atom is -0.312 e. The Balaban J connectivity index is 2.10. The van der Waals surface area contributed by atoms with Gasteiger partial charge in [-0.3, -0.25) is 4.98 Å². The van der Waals surface area contributed by atoms with Crippen LogP contribution in [0.25, 0.3) is 0 Å². The van der Waals surface area contributed by atoms with Crippen molar-refractivity contribution in [3.05, 3.63) is 39.6 Å². The van der Waals surface area contributed by atoms with Crippen LogP contribution >= 0.6 is 27.5 Å². The topological polar surface area (TPSA) is 50.7 Å². The number of pyridine rings is 1. The molecule has 0 fully saturated rings. The van der Waals surface area contributed by atoms with Gasteiger partial charge in [-0.05, 0) is 46.6 Å². The molecule has 2 aromatic heterocycles. The Hall–Kier alpha value is -0.850. The lowest BCUT2D eigenvalue weighted by molar-refractivity contribution is 0.593. The van der Waals surface area contributed by atoms with Crippen molar-refractivity contribution in [2.75, 3.05) is 7.05 Å². The van der Waals surface area contributed by atoms with Crippen molar-refractivity contribution in [3.8, 4) is 0 Å². The SMILES string of the molecule is CNC(Cc1ccc(Br)cn1)c1cnns1. The number of halogens is 1. The van der Waals surface area contributed by atoms with Crippen molar-refractivity contribution in [1.82, 2.24) is 19.9 Å². The Morgan fingerprint density at radius 2 is 2.31 bits per heavy atom. The smallest absolute Gasteiger partial charge is 0.0669 e. The van der Waals surface area contributed by atoms with Crippen LogP contribution < -0.4 is 5.32 Å². The van der Waals surface area contributed by atoms with Crippen molar-refractivity contribution in [2.24, 2.45) is 0 Å². The zero-order valence-corrected chi connectivity index (χ0v) is 11.1. The standard InChI is InChI=1S/C10H11BrN4S/c1-12-9(10-6-14-15-16-10)4-8-3-2-7(11)5-13-8/h2-3,5-6,9,12H,4H2,1H3. The third-order valence-electron chi connectivity index (χ3n) is 2.27. The zero-order valence-electron chi connectivity index (χ0n) is 8.72. The fourth-order valence-corrected chi connectivity index (χ4v) is 2.26. The summed E-state index contributed by atoms with van der Waals surface area (Å²) in [5, 5.41) is 7.09. The van der Waals surface area contributed by atoms with E-state index in [1.165, 1.54) is 11.5 Å². The van der Waals surface area contributed by atoms with Gasteiger partial charge in [0.2, 0.25) is 0 Å². The van der Waals surface area contributed by atoms with Crippen LogP contribution in [0.1, 0.15) is 16.6 Å². The summed E-state index contributed by atoms with van der Waals surface area (Å²) in [5.74, 6) is 0. The largest absolute Gasteiger partial charge is 0.312 e. The number of hydrogen-bond donors (Lipinski definition) is 1. The maximum atomic E-state index is 4.35. The van der Waals surface area contributed by atoms with E-state index in [1.807, 2.05) is 25.4 Å². The molecular formula is C10H11BrN4S. The third kappa shape index (κ3) is 2.84. The number of rotatable bonds is 4. The van der Waals surface area contributed by atoms with E-state index in [2.05, 4.69) is 35.8 Å². The van der Waals surface area contributed by atoms with Gasteiger partial charge >= 0.3 is 0 Å². The molecule has 0 aromatic carbocycles. The summed E-state index contributed by atoms with van der Waals surface area (Å²) < 4.78 is 4.87. The van der Waals surface area contributed by atoms with Crippen LogP contribution in [0.5, 0.6) is 0 Å². The molecule has 1 N–H and O–H groups in total. The Morgan fingerprint density at radius 1 is 1.44 bits per heavy atom. The highest BCUT2D eigenvalue weighted by Gasteiger charge is 2.12. The lowest BCUT2D eigenvalue weighted by atomic mass is 10.1. The van der Waals surface area contributed by atoms with Gasteiger partial charge in [-0.15, -0.1) is 5.10 Å². The van der Waals surface area contributed by atoms with E-state index >= 15 is 0 Å². The van der Waals surface area contributed by atoms with Crippen LogP contribution in [0, 0.1) is 0 Å². The van der Waals surface area contributed by atoms with Crippen LogP contribution in [0.3, 0.4) is 0 Å². The lowest BCUT2D eigenvalue weighted by Gasteiger charge is -2.12. The second-order valence-electron chi connectivity index (χ2n) is 3.33. The fraction of sp³-hybridized carbons (Fsp3) is 0.300. The summed E-state index contributed by atoms with van der Waals surface area (Å²) in [6, 6.07) is 4.25. The average molecular weight is 299 g/mol. The Labute approximate surface area is 106 Å². The van der Waals surface area contributed by atoms with Crippen molar-refractivity contribution in [1.29, 1.82) is 0 Å². The normalized spacial score (nSPS) is 12.6. The molecule has 2 rings (SSSR count). The average Bonchev–Trinajstić information content (AvgIpc) is 2.82. The molecule has 0 aliphatic rings. The van der Waals surface area contributed by atoms with Gasteiger partial charge in [0.25, 0.3) is 0 Å². The lowest BCUT2D eigenvalue weighted by Crippen LogP contribution is -2.18. The molecule has 0 aliphatic heterocycles. The predicted molar refractivity (Wildman–Crippen MR) is 67.4 cm³/mol. The highest BCUT2D eigenvalue weighted by molar-refractivity contribution is 9.10. The summed E-state index contributed by atoms with van der Waals surface area (Å²) >= 11 is 4.79. The summed E-state index contributed by atoms with van der Waals surface area (Å²) in [4.78, 5) is 5.48. The summed E-state index contributed by atoms with van der Waals surface area (Å²) in [5.41, 5.74) is 1.05. The van der Waals surface area contributed by atoms with Crippen LogP contribution in [0.2, 0.25) is 0 Å². The van der Waals surface area contributed by atoms with Crippen LogP contribution in [0.15, 0.2) is 29.0 Å². The molecule has 0 bridgehead atoms. The minimum atomic E-state index is 0.230. The molecule has 2 aromatic rings. The molecule has 0 saturated heterocycles. The molecule has 6 heteroatoms. The van der Waals surface area contributed by atoms with E-state index in [-0.39, 0.29) is 6.04 Å². The van der Waals surface area contributed by atoms with E-state index in [4.69, 9.17) is 0 Å². The van der Waals surface area contributed by atoms with Crippen LogP contribution in [-0.4, -0.2) is 21.6 Å². The van der Waals surface area contributed by atoms with Gasteiger partial charge in [0, 0.05) is 22.8 Å². The van der Waals surface area contributed by atoms with Gasteiger partial charge in [0.15, 0.2) is 0 Å². The number of likely N-dealkylation sites (N-methyl/N-ethyl adjacent to an activating group) is 1. The van der Waals surface area contributed by atoms with Crippen molar-refractivity contribution in [3.63, 3.8) is 0 Å². The van der Waals surface area contributed by atoms with Gasteiger partial charge in [-0.25, -0.2) is 0 Å². The number of hydrogen-bond acceptors (Lipinski definition) is 5. The molecule has 1 unspecified atom stereocenters. The van der Waals surface area contributed by atoms with E-state index < -0.39 is 0 Å². The van der Waals surface area contributed by atoms with Crippen LogP contribution in [-0.2, 0) is 6.42 Å². The van der Waals surface area contributed by atoms with Gasteiger partial charge in [-0.2, -0.15) is 0 Å². The first-order valence-electron chi connectivity index (χ1n) is 4.84. The monoisotopic (exact) mass is 298 g/mol. The highest BCUT2D eigenvalue weighted by Crippen LogP contribution is 2.19. The maximum absolute atomic E-state index is 4.35. The third-order valence-corrected chi connectivity index (χ3v) is 3.52. The highest BCUT2D eigenvalue weighted by atomic mass is 79.9. The van der Waals surface area contributed by atoms with Gasteiger partial charge in [0.05, 0.1) is 17.1 Å². The molecule has 0 saturated carbocycles. The Kier molecular flexibility index (Phi) is 3.98. The molecule has 0 aliphatic carbocycles. The summed E-state index contributed by atoms with van der Waals surface area (Å²) in [6.45, 7) is 0.